The van der Waals surface area contributed by atoms with Gasteiger partial charge in [-0.05, 0) is 65.9 Å². The summed E-state index contributed by atoms with van der Waals surface area (Å²) >= 11 is 3.80. The molecule has 2 rings (SSSR count). The van der Waals surface area contributed by atoms with Gasteiger partial charge >= 0.3 is 0 Å². The van der Waals surface area contributed by atoms with E-state index < -0.39 is 0 Å². The summed E-state index contributed by atoms with van der Waals surface area (Å²) in [4.78, 5) is 4.66. The first-order valence-corrected chi connectivity index (χ1v) is 12.2. The molecule has 2 aliphatic rings. The van der Waals surface area contributed by atoms with Crippen LogP contribution in [0.1, 0.15) is 13.8 Å². The van der Waals surface area contributed by atoms with Crippen LogP contribution in [0.25, 0.3) is 0 Å². The lowest BCUT2D eigenvalue weighted by molar-refractivity contribution is 0.481. The number of rotatable bonds is 5. The van der Waals surface area contributed by atoms with Gasteiger partial charge < -0.3 is 9.80 Å². The van der Waals surface area contributed by atoms with Gasteiger partial charge in [-0.2, -0.15) is 0 Å². The third-order valence-corrected chi connectivity index (χ3v) is 13.1. The molecule has 8 heteroatoms. The van der Waals surface area contributed by atoms with Gasteiger partial charge in [0.25, 0.3) is 0 Å². The number of nitrogens with zero attached hydrogens (tertiary/aromatic N) is 2. The molecule has 0 saturated heterocycles. The molecule has 0 spiro atoms. The molecule has 2 heterocycles. The largest absolute Gasteiger partial charge is 0.356 e. The highest BCUT2D eigenvalue weighted by atomic mass is 33.7. The van der Waals surface area contributed by atoms with Gasteiger partial charge in [0.05, 0.1) is 0 Å². The highest BCUT2D eigenvalue weighted by molar-refractivity contribution is 9.26. The van der Waals surface area contributed by atoms with Crippen molar-refractivity contribution in [2.45, 2.75) is 23.3 Å². The first-order chi connectivity index (χ1) is 8.59. The van der Waals surface area contributed by atoms with Crippen molar-refractivity contribution in [2.24, 2.45) is 0 Å². The second-order valence-corrected chi connectivity index (χ2v) is 12.4. The van der Waals surface area contributed by atoms with Crippen LogP contribution in [0, 0.1) is 0 Å². The summed E-state index contributed by atoms with van der Waals surface area (Å²) in [5.41, 5.74) is 2.73. The van der Waals surface area contributed by atoms with Crippen molar-refractivity contribution in [3.63, 3.8) is 0 Å². The lowest BCUT2D eigenvalue weighted by atomic mass is 10.5. The van der Waals surface area contributed by atoms with Gasteiger partial charge in [-0.25, -0.2) is 0 Å². The molecule has 0 amide bonds. The molecule has 0 bridgehead atoms. The van der Waals surface area contributed by atoms with Crippen molar-refractivity contribution in [1.82, 2.24) is 9.80 Å². The van der Waals surface area contributed by atoms with E-state index in [1.165, 1.54) is 11.4 Å². The number of hydrogen-bond acceptors (Lipinski definition) is 8. The molecule has 0 aromatic rings. The van der Waals surface area contributed by atoms with Crippen molar-refractivity contribution >= 4 is 64.8 Å². The van der Waals surface area contributed by atoms with Crippen molar-refractivity contribution in [3.8, 4) is 0 Å². The summed E-state index contributed by atoms with van der Waals surface area (Å²) in [6.07, 6.45) is 0. The Hall–Kier alpha value is 1.18. The van der Waals surface area contributed by atoms with Crippen molar-refractivity contribution < 1.29 is 0 Å². The van der Waals surface area contributed by atoms with Crippen LogP contribution in [0.5, 0.6) is 0 Å². The van der Waals surface area contributed by atoms with Gasteiger partial charge in [-0.1, -0.05) is 23.5 Å². The molecule has 2 atom stereocenters. The van der Waals surface area contributed by atoms with Gasteiger partial charge in [-0.15, -0.1) is 0 Å². The lowest BCUT2D eigenvalue weighted by Gasteiger charge is -2.23. The molecule has 0 fully saturated rings. The number of hydrogen-bond donors (Lipinski definition) is 0. The zero-order valence-corrected chi connectivity index (χ0v) is 15.6. The van der Waals surface area contributed by atoms with Gasteiger partial charge in [0, 0.05) is 25.5 Å². The second kappa shape index (κ2) is 7.26. The molecule has 0 saturated carbocycles. The Morgan fingerprint density at radius 3 is 1.56 bits per heavy atom. The highest BCUT2D eigenvalue weighted by Gasteiger charge is 2.24. The minimum absolute atomic E-state index is 0.525. The van der Waals surface area contributed by atoms with Crippen LogP contribution >= 0.6 is 64.8 Å². The molecule has 0 N–H and O–H groups in total. The molecular weight excluding hydrogens is 341 g/mol. The van der Waals surface area contributed by atoms with E-state index in [0.717, 1.165) is 0 Å². The Bertz CT molecular complexity index is 324. The first kappa shape index (κ1) is 15.6. The third-order valence-electron chi connectivity index (χ3n) is 2.73. The van der Waals surface area contributed by atoms with E-state index >= 15 is 0 Å². The minimum Gasteiger partial charge on any atom is -0.356 e. The fraction of sp³-hybridized carbons (Fsp3) is 0.600. The highest BCUT2D eigenvalue weighted by Crippen LogP contribution is 2.54. The van der Waals surface area contributed by atoms with E-state index in [0.29, 0.717) is 9.41 Å². The molecule has 18 heavy (non-hydrogen) atoms. The SMILES string of the molecule is CC1=CSC(SSSSC2SC=C(C)N2C)N1C. The van der Waals surface area contributed by atoms with Crippen LogP contribution in [-0.2, 0) is 0 Å². The zero-order valence-electron chi connectivity index (χ0n) is 10.7. The smallest absolute Gasteiger partial charge is 0.136 e. The van der Waals surface area contributed by atoms with Gasteiger partial charge in [0.1, 0.15) is 9.41 Å². The molecule has 2 aliphatic heterocycles. The fourth-order valence-electron chi connectivity index (χ4n) is 1.27. The average Bonchev–Trinajstić information content (AvgIpc) is 2.83. The summed E-state index contributed by atoms with van der Waals surface area (Å²) < 4.78 is 1.05. The first-order valence-electron chi connectivity index (χ1n) is 5.35. The van der Waals surface area contributed by atoms with Crippen LogP contribution in [0.2, 0.25) is 0 Å². The molecule has 0 aromatic heterocycles. The Kier molecular flexibility index (Phi) is 6.28. The van der Waals surface area contributed by atoms with E-state index in [4.69, 9.17) is 0 Å². The fourth-order valence-corrected chi connectivity index (χ4v) is 11.8. The normalized spacial score (nSPS) is 27.8. The summed E-state index contributed by atoms with van der Waals surface area (Å²) in [5.74, 6) is 0. The van der Waals surface area contributed by atoms with Crippen LogP contribution < -0.4 is 0 Å². The molecule has 0 aromatic carbocycles. The van der Waals surface area contributed by atoms with Crippen LogP contribution in [0.4, 0.5) is 0 Å². The predicted octanol–water partition coefficient (Wildman–Crippen LogP) is 5.31. The maximum atomic E-state index is 2.33. The van der Waals surface area contributed by atoms with Crippen LogP contribution in [0.3, 0.4) is 0 Å². The Balaban J connectivity index is 1.60. The maximum absolute atomic E-state index is 2.33. The quantitative estimate of drug-likeness (QED) is 0.477. The average molecular weight is 357 g/mol. The number of thioether (sulfide) groups is 2. The predicted molar refractivity (Wildman–Crippen MR) is 96.2 cm³/mol. The number of allylic oxidation sites excluding steroid dienone is 2. The van der Waals surface area contributed by atoms with Gasteiger partial charge in [-0.3, -0.25) is 0 Å². The van der Waals surface area contributed by atoms with Crippen molar-refractivity contribution in [1.29, 1.82) is 0 Å². The van der Waals surface area contributed by atoms with E-state index in [9.17, 15) is 0 Å². The van der Waals surface area contributed by atoms with Crippen molar-refractivity contribution in [3.05, 3.63) is 22.2 Å². The van der Waals surface area contributed by atoms with Crippen LogP contribution in [0.15, 0.2) is 22.2 Å². The summed E-state index contributed by atoms with van der Waals surface area (Å²) in [5, 5.41) is 4.48. The maximum Gasteiger partial charge on any atom is 0.136 e. The van der Waals surface area contributed by atoms with Crippen molar-refractivity contribution in [2.75, 3.05) is 14.1 Å². The molecule has 2 nitrogen and oxygen atoms in total. The van der Waals surface area contributed by atoms with E-state index in [1.54, 1.807) is 0 Å². The van der Waals surface area contributed by atoms with Gasteiger partial charge in [0.15, 0.2) is 0 Å². The molecular formula is C10H16N2S6. The molecule has 0 radical (unpaired) electrons. The third kappa shape index (κ3) is 3.85. The zero-order chi connectivity index (χ0) is 13.1. The summed E-state index contributed by atoms with van der Waals surface area (Å²) in [7, 11) is 12.0. The molecule has 0 aliphatic carbocycles. The van der Waals surface area contributed by atoms with Gasteiger partial charge in [0.2, 0.25) is 0 Å². The topological polar surface area (TPSA) is 6.48 Å². The second-order valence-electron chi connectivity index (χ2n) is 3.96. The summed E-state index contributed by atoms with van der Waals surface area (Å²) in [6.45, 7) is 4.33. The summed E-state index contributed by atoms with van der Waals surface area (Å²) in [6, 6.07) is 0. The molecule has 2 unspecified atom stereocenters. The lowest BCUT2D eigenvalue weighted by Crippen LogP contribution is -2.19. The van der Waals surface area contributed by atoms with E-state index in [1.807, 2.05) is 64.8 Å². The van der Waals surface area contributed by atoms with E-state index in [2.05, 4.69) is 48.6 Å². The monoisotopic (exact) mass is 356 g/mol. The standard InChI is InChI=1S/C10H16N2S6/c1-7-5-13-9(11(7)3)15-17-18-16-10-12(4)8(2)6-14-10/h5-6,9-10H,1-4H3. The Morgan fingerprint density at radius 2 is 1.28 bits per heavy atom. The Morgan fingerprint density at radius 1 is 0.889 bits per heavy atom. The minimum atomic E-state index is 0.525. The van der Waals surface area contributed by atoms with Crippen LogP contribution in [-0.4, -0.2) is 33.3 Å². The Labute approximate surface area is 133 Å². The molecule has 102 valence electrons. The van der Waals surface area contributed by atoms with E-state index in [-0.39, 0.29) is 0 Å².